The van der Waals surface area contributed by atoms with Gasteiger partial charge in [-0.25, -0.2) is 0 Å². The van der Waals surface area contributed by atoms with Gasteiger partial charge in [-0.05, 0) is 17.8 Å². The number of hydrogen-bond donors (Lipinski definition) is 2. The highest BCUT2D eigenvalue weighted by molar-refractivity contribution is 5.84. The Bertz CT molecular complexity index is 373. The molecule has 0 aromatic carbocycles. The minimum absolute atomic E-state index is 0.00587. The van der Waals surface area contributed by atoms with E-state index >= 15 is 0 Å². The van der Waals surface area contributed by atoms with E-state index in [0.29, 0.717) is 13.0 Å². The fourth-order valence-electron chi connectivity index (χ4n) is 2.48. The van der Waals surface area contributed by atoms with Crippen molar-refractivity contribution in [2.24, 2.45) is 22.5 Å². The molecule has 0 spiro atoms. The van der Waals surface area contributed by atoms with Gasteiger partial charge in [-0.3, -0.25) is 9.59 Å². The van der Waals surface area contributed by atoms with Crippen LogP contribution in [0.2, 0.25) is 0 Å². The Morgan fingerprint density at radius 1 is 1.32 bits per heavy atom. The van der Waals surface area contributed by atoms with Crippen molar-refractivity contribution in [1.82, 2.24) is 4.90 Å². The molecule has 0 bridgehead atoms. The topological polar surface area (TPSA) is 83.6 Å². The van der Waals surface area contributed by atoms with E-state index in [0.717, 1.165) is 0 Å². The van der Waals surface area contributed by atoms with Gasteiger partial charge in [0.15, 0.2) is 0 Å². The minimum Gasteiger partial charge on any atom is -0.481 e. The zero-order chi connectivity index (χ0) is 15.0. The smallest absolute Gasteiger partial charge is 0.311 e. The van der Waals surface area contributed by atoms with E-state index in [1.54, 1.807) is 4.90 Å². The number of likely N-dealkylation sites (tertiary alicyclic amines) is 1. The molecule has 3 N–H and O–H groups in total. The highest BCUT2D eigenvalue weighted by Crippen LogP contribution is 2.38. The molecule has 0 aromatic rings. The van der Waals surface area contributed by atoms with Gasteiger partial charge >= 0.3 is 5.97 Å². The van der Waals surface area contributed by atoms with Crippen LogP contribution in [-0.2, 0) is 9.59 Å². The lowest BCUT2D eigenvalue weighted by Gasteiger charge is -2.32. The van der Waals surface area contributed by atoms with Gasteiger partial charge < -0.3 is 15.7 Å². The molecule has 2 atom stereocenters. The summed E-state index contributed by atoms with van der Waals surface area (Å²) in [4.78, 5) is 25.5. The predicted molar refractivity (Wildman–Crippen MR) is 73.5 cm³/mol. The third-order valence-electron chi connectivity index (χ3n) is 4.34. The largest absolute Gasteiger partial charge is 0.481 e. The number of carbonyl (C=O) groups excluding carboxylic acids is 1. The Morgan fingerprint density at radius 3 is 2.16 bits per heavy atom. The van der Waals surface area contributed by atoms with Crippen molar-refractivity contribution in [3.05, 3.63) is 0 Å². The normalized spacial score (nSPS) is 25.7. The number of amides is 1. The zero-order valence-electron chi connectivity index (χ0n) is 12.6. The van der Waals surface area contributed by atoms with Gasteiger partial charge in [0.25, 0.3) is 0 Å². The van der Waals surface area contributed by atoms with Crippen LogP contribution in [0.1, 0.15) is 41.0 Å². The average molecular weight is 270 g/mol. The summed E-state index contributed by atoms with van der Waals surface area (Å²) in [5, 5.41) is 9.46. The van der Waals surface area contributed by atoms with Gasteiger partial charge in [0.1, 0.15) is 0 Å². The van der Waals surface area contributed by atoms with E-state index in [2.05, 4.69) is 0 Å². The first-order valence-electron chi connectivity index (χ1n) is 6.80. The van der Waals surface area contributed by atoms with Crippen LogP contribution in [0, 0.1) is 16.7 Å². The number of carboxylic acids is 1. The maximum absolute atomic E-state index is 12.3. The van der Waals surface area contributed by atoms with Gasteiger partial charge in [-0.2, -0.15) is 0 Å². The summed E-state index contributed by atoms with van der Waals surface area (Å²) in [6, 6.07) is -0.593. The molecule has 5 heteroatoms. The van der Waals surface area contributed by atoms with Crippen molar-refractivity contribution in [1.29, 1.82) is 0 Å². The molecule has 1 amide bonds. The standard InChI is InChI=1S/C14H26N2O3/c1-9(2)14(12(18)19)6-7-16(8-14)11(17)10(15)13(3,4)5/h9-10H,6-8,15H2,1-5H3,(H,18,19). The highest BCUT2D eigenvalue weighted by atomic mass is 16.4. The molecule has 110 valence electrons. The van der Waals surface area contributed by atoms with Crippen LogP contribution >= 0.6 is 0 Å². The first kappa shape index (κ1) is 16.0. The van der Waals surface area contributed by atoms with Crippen molar-refractivity contribution in [3.8, 4) is 0 Å². The third-order valence-corrected chi connectivity index (χ3v) is 4.34. The highest BCUT2D eigenvalue weighted by Gasteiger charge is 2.49. The molecule has 1 rings (SSSR count). The first-order valence-corrected chi connectivity index (χ1v) is 6.80. The summed E-state index contributed by atoms with van der Waals surface area (Å²) in [5.74, 6) is -0.966. The maximum Gasteiger partial charge on any atom is 0.311 e. The first-order chi connectivity index (χ1) is 8.52. The molecular weight excluding hydrogens is 244 g/mol. The summed E-state index contributed by atoms with van der Waals surface area (Å²) < 4.78 is 0. The van der Waals surface area contributed by atoms with E-state index in [9.17, 15) is 14.7 Å². The molecule has 1 fully saturated rings. The summed E-state index contributed by atoms with van der Waals surface area (Å²) in [7, 11) is 0. The molecule has 1 aliphatic heterocycles. The SMILES string of the molecule is CC(C)C1(C(=O)O)CCN(C(=O)C(N)C(C)(C)C)C1. The Labute approximate surface area is 115 Å². The zero-order valence-corrected chi connectivity index (χ0v) is 12.6. The van der Waals surface area contributed by atoms with Crippen LogP contribution in [0.3, 0.4) is 0 Å². The summed E-state index contributed by atoms with van der Waals surface area (Å²) in [6.07, 6.45) is 0.503. The van der Waals surface area contributed by atoms with Crippen molar-refractivity contribution in [2.75, 3.05) is 13.1 Å². The number of carbonyl (C=O) groups is 2. The van der Waals surface area contributed by atoms with E-state index in [4.69, 9.17) is 5.73 Å². The van der Waals surface area contributed by atoms with Crippen molar-refractivity contribution >= 4 is 11.9 Å². The van der Waals surface area contributed by atoms with Crippen LogP contribution in [0.4, 0.5) is 0 Å². The van der Waals surface area contributed by atoms with Gasteiger partial charge in [0.05, 0.1) is 11.5 Å². The van der Waals surface area contributed by atoms with Gasteiger partial charge in [-0.1, -0.05) is 34.6 Å². The average Bonchev–Trinajstić information content (AvgIpc) is 2.71. The molecule has 0 aliphatic carbocycles. The lowest BCUT2D eigenvalue weighted by Crippen LogP contribution is -2.51. The van der Waals surface area contributed by atoms with Crippen LogP contribution in [-0.4, -0.2) is 41.0 Å². The second-order valence-electron chi connectivity index (χ2n) is 6.97. The molecule has 1 saturated heterocycles. The second kappa shape index (κ2) is 5.12. The summed E-state index contributed by atoms with van der Waals surface area (Å²) in [6.45, 7) is 10.3. The molecule has 2 unspecified atom stereocenters. The number of aliphatic carboxylic acids is 1. The Balaban J connectivity index is 2.86. The van der Waals surface area contributed by atoms with Gasteiger partial charge in [0.2, 0.25) is 5.91 Å². The van der Waals surface area contributed by atoms with Gasteiger partial charge in [-0.15, -0.1) is 0 Å². The lowest BCUT2D eigenvalue weighted by molar-refractivity contribution is -0.151. The van der Waals surface area contributed by atoms with E-state index in [-0.39, 0.29) is 23.8 Å². The molecule has 1 heterocycles. The number of nitrogens with zero attached hydrogens (tertiary/aromatic N) is 1. The summed E-state index contributed by atoms with van der Waals surface area (Å²) >= 11 is 0. The fourth-order valence-corrected chi connectivity index (χ4v) is 2.48. The van der Waals surface area contributed by atoms with Crippen LogP contribution in [0.5, 0.6) is 0 Å². The fraction of sp³-hybridized carbons (Fsp3) is 0.857. The minimum atomic E-state index is -0.826. The number of nitrogens with two attached hydrogens (primary N) is 1. The molecule has 0 radical (unpaired) electrons. The van der Waals surface area contributed by atoms with Gasteiger partial charge in [0, 0.05) is 13.1 Å². The molecule has 5 nitrogen and oxygen atoms in total. The van der Waals surface area contributed by atoms with Crippen LogP contribution in [0.15, 0.2) is 0 Å². The number of carboxylic acid groups (broad SMARTS) is 1. The monoisotopic (exact) mass is 270 g/mol. The molecule has 0 saturated carbocycles. The molecule has 1 aliphatic rings. The Kier molecular flexibility index (Phi) is 4.30. The Hall–Kier alpha value is -1.10. The number of hydrogen-bond acceptors (Lipinski definition) is 3. The second-order valence-corrected chi connectivity index (χ2v) is 6.97. The molecule has 0 aromatic heterocycles. The van der Waals surface area contributed by atoms with Crippen LogP contribution < -0.4 is 5.73 Å². The van der Waals surface area contributed by atoms with Crippen molar-refractivity contribution < 1.29 is 14.7 Å². The third kappa shape index (κ3) is 2.91. The summed E-state index contributed by atoms with van der Waals surface area (Å²) in [5.41, 5.74) is 4.83. The van der Waals surface area contributed by atoms with Crippen LogP contribution in [0.25, 0.3) is 0 Å². The number of rotatable bonds is 3. The molecule has 19 heavy (non-hydrogen) atoms. The Morgan fingerprint density at radius 2 is 1.84 bits per heavy atom. The predicted octanol–water partition coefficient (Wildman–Crippen LogP) is 1.32. The quantitative estimate of drug-likeness (QED) is 0.810. The van der Waals surface area contributed by atoms with Crippen molar-refractivity contribution in [3.63, 3.8) is 0 Å². The lowest BCUT2D eigenvalue weighted by atomic mass is 9.76. The maximum atomic E-state index is 12.3. The molecular formula is C14H26N2O3. The van der Waals surface area contributed by atoms with Crippen molar-refractivity contribution in [2.45, 2.75) is 47.1 Å². The van der Waals surface area contributed by atoms with E-state index in [1.807, 2.05) is 34.6 Å². The van der Waals surface area contributed by atoms with E-state index < -0.39 is 17.4 Å². The van der Waals surface area contributed by atoms with E-state index in [1.165, 1.54) is 0 Å².